The van der Waals surface area contributed by atoms with Crippen LogP contribution in [0.3, 0.4) is 0 Å². The van der Waals surface area contributed by atoms with E-state index in [0.717, 1.165) is 10.2 Å². The molecular weight excluding hydrogens is 326 g/mol. The third-order valence-electron chi connectivity index (χ3n) is 3.34. The van der Waals surface area contributed by atoms with Crippen LogP contribution in [-0.4, -0.2) is 13.2 Å². The summed E-state index contributed by atoms with van der Waals surface area (Å²) in [5.74, 6) is 0.909. The third kappa shape index (κ3) is 4.08. The monoisotopic (exact) mass is 347 g/mol. The molecule has 0 aliphatic heterocycles. The molecule has 0 bridgehead atoms. The molecule has 0 spiro atoms. The van der Waals surface area contributed by atoms with Gasteiger partial charge in [-0.1, -0.05) is 45.8 Å². The van der Waals surface area contributed by atoms with Gasteiger partial charge in [-0.15, -0.1) is 0 Å². The maximum atomic E-state index is 5.70. The van der Waals surface area contributed by atoms with Crippen LogP contribution in [-0.2, 0) is 0 Å². The average Bonchev–Trinajstić information content (AvgIpc) is 2.44. The van der Waals surface area contributed by atoms with Crippen molar-refractivity contribution >= 4 is 15.9 Å². The first-order valence-electron chi connectivity index (χ1n) is 7.21. The standard InChI is InChI=1S/C18H22BrNO/c1-12(2)21-15-8-6-14(7-9-15)18(20-4)16-11-13(3)5-10-17(16)19/h5-12,18,20H,1-4H3. The van der Waals surface area contributed by atoms with Gasteiger partial charge in [-0.2, -0.15) is 0 Å². The Kier molecular flexibility index (Phi) is 5.43. The quantitative estimate of drug-likeness (QED) is 0.834. The summed E-state index contributed by atoms with van der Waals surface area (Å²) in [7, 11) is 1.98. The molecule has 0 fully saturated rings. The number of rotatable bonds is 5. The SMILES string of the molecule is CNC(c1ccc(OC(C)C)cc1)c1cc(C)ccc1Br. The molecule has 0 aliphatic carbocycles. The van der Waals surface area contributed by atoms with E-state index in [9.17, 15) is 0 Å². The van der Waals surface area contributed by atoms with Gasteiger partial charge in [0, 0.05) is 4.47 Å². The van der Waals surface area contributed by atoms with E-state index in [2.05, 4.69) is 58.5 Å². The van der Waals surface area contributed by atoms with E-state index in [1.165, 1.54) is 16.7 Å². The summed E-state index contributed by atoms with van der Waals surface area (Å²) in [6, 6.07) is 14.9. The molecule has 1 N–H and O–H groups in total. The van der Waals surface area contributed by atoms with Crippen LogP contribution in [0.2, 0.25) is 0 Å². The summed E-state index contributed by atoms with van der Waals surface area (Å²) in [6.07, 6.45) is 0.196. The lowest BCUT2D eigenvalue weighted by atomic mass is 9.97. The van der Waals surface area contributed by atoms with Crippen LogP contribution in [0.15, 0.2) is 46.9 Å². The Morgan fingerprint density at radius 3 is 2.29 bits per heavy atom. The number of hydrogen-bond acceptors (Lipinski definition) is 2. The Hall–Kier alpha value is -1.32. The van der Waals surface area contributed by atoms with Gasteiger partial charge in [-0.25, -0.2) is 0 Å². The first kappa shape index (κ1) is 16.1. The van der Waals surface area contributed by atoms with Gasteiger partial charge in [0.15, 0.2) is 0 Å². The minimum Gasteiger partial charge on any atom is -0.491 e. The van der Waals surface area contributed by atoms with Crippen molar-refractivity contribution in [2.45, 2.75) is 32.9 Å². The summed E-state index contributed by atoms with van der Waals surface area (Å²) in [6.45, 7) is 6.19. The molecule has 0 heterocycles. The number of aryl methyl sites for hydroxylation is 1. The second-order valence-electron chi connectivity index (χ2n) is 5.48. The van der Waals surface area contributed by atoms with Crippen molar-refractivity contribution in [1.29, 1.82) is 0 Å². The summed E-state index contributed by atoms with van der Waals surface area (Å²) in [5, 5.41) is 3.39. The normalized spacial score (nSPS) is 12.5. The number of ether oxygens (including phenoxy) is 1. The van der Waals surface area contributed by atoms with Gasteiger partial charge >= 0.3 is 0 Å². The van der Waals surface area contributed by atoms with E-state index in [1.54, 1.807) is 0 Å². The molecule has 3 heteroatoms. The maximum Gasteiger partial charge on any atom is 0.119 e. The van der Waals surface area contributed by atoms with E-state index >= 15 is 0 Å². The molecule has 0 saturated heterocycles. The van der Waals surface area contributed by atoms with Crippen LogP contribution in [0, 0.1) is 6.92 Å². The third-order valence-corrected chi connectivity index (χ3v) is 4.06. The molecule has 1 atom stereocenters. The van der Waals surface area contributed by atoms with Crippen LogP contribution in [0.25, 0.3) is 0 Å². The predicted molar refractivity (Wildman–Crippen MR) is 92.0 cm³/mol. The fourth-order valence-corrected chi connectivity index (χ4v) is 2.87. The van der Waals surface area contributed by atoms with Crippen molar-refractivity contribution in [1.82, 2.24) is 5.32 Å². The number of benzene rings is 2. The smallest absolute Gasteiger partial charge is 0.119 e. The lowest BCUT2D eigenvalue weighted by Gasteiger charge is -2.20. The van der Waals surface area contributed by atoms with E-state index in [-0.39, 0.29) is 12.1 Å². The lowest BCUT2D eigenvalue weighted by Crippen LogP contribution is -2.18. The highest BCUT2D eigenvalue weighted by molar-refractivity contribution is 9.10. The molecule has 0 aromatic heterocycles. The van der Waals surface area contributed by atoms with Crippen molar-refractivity contribution in [3.63, 3.8) is 0 Å². The lowest BCUT2D eigenvalue weighted by molar-refractivity contribution is 0.242. The number of nitrogens with one attached hydrogen (secondary N) is 1. The summed E-state index contributed by atoms with van der Waals surface area (Å²) in [5.41, 5.74) is 3.73. The first-order chi connectivity index (χ1) is 10.0. The zero-order valence-electron chi connectivity index (χ0n) is 13.0. The van der Waals surface area contributed by atoms with E-state index in [1.807, 2.05) is 33.0 Å². The van der Waals surface area contributed by atoms with E-state index in [4.69, 9.17) is 4.74 Å². The second kappa shape index (κ2) is 7.10. The molecule has 0 saturated carbocycles. The Bertz CT molecular complexity index is 593. The molecule has 2 aromatic carbocycles. The Morgan fingerprint density at radius 1 is 1.05 bits per heavy atom. The zero-order valence-corrected chi connectivity index (χ0v) is 14.6. The van der Waals surface area contributed by atoms with Crippen molar-refractivity contribution in [2.75, 3.05) is 7.05 Å². The highest BCUT2D eigenvalue weighted by atomic mass is 79.9. The Balaban J connectivity index is 2.31. The van der Waals surface area contributed by atoms with Gasteiger partial charge < -0.3 is 10.1 Å². The number of halogens is 1. The van der Waals surface area contributed by atoms with Gasteiger partial charge in [0.25, 0.3) is 0 Å². The van der Waals surface area contributed by atoms with Crippen LogP contribution in [0.5, 0.6) is 5.75 Å². The average molecular weight is 348 g/mol. The van der Waals surface area contributed by atoms with E-state index < -0.39 is 0 Å². The first-order valence-corrected chi connectivity index (χ1v) is 8.00. The highest BCUT2D eigenvalue weighted by Gasteiger charge is 2.15. The summed E-state index contributed by atoms with van der Waals surface area (Å²) >= 11 is 3.65. The highest BCUT2D eigenvalue weighted by Crippen LogP contribution is 2.30. The summed E-state index contributed by atoms with van der Waals surface area (Å²) in [4.78, 5) is 0. The molecule has 21 heavy (non-hydrogen) atoms. The van der Waals surface area contributed by atoms with Crippen LogP contribution >= 0.6 is 15.9 Å². The van der Waals surface area contributed by atoms with Crippen molar-refractivity contribution in [3.8, 4) is 5.75 Å². The summed E-state index contributed by atoms with van der Waals surface area (Å²) < 4.78 is 6.82. The second-order valence-corrected chi connectivity index (χ2v) is 6.34. The van der Waals surface area contributed by atoms with Crippen molar-refractivity contribution in [3.05, 3.63) is 63.6 Å². The largest absolute Gasteiger partial charge is 0.491 e. The van der Waals surface area contributed by atoms with Crippen LogP contribution in [0.4, 0.5) is 0 Å². The van der Waals surface area contributed by atoms with Gasteiger partial charge in [0.2, 0.25) is 0 Å². The van der Waals surface area contributed by atoms with Gasteiger partial charge in [-0.3, -0.25) is 0 Å². The minimum atomic E-state index is 0.160. The van der Waals surface area contributed by atoms with Crippen molar-refractivity contribution in [2.24, 2.45) is 0 Å². The Morgan fingerprint density at radius 2 is 1.71 bits per heavy atom. The molecule has 0 radical (unpaired) electrons. The molecule has 2 rings (SSSR count). The molecule has 0 aliphatic rings. The van der Waals surface area contributed by atoms with E-state index in [0.29, 0.717) is 0 Å². The molecule has 2 aromatic rings. The fraction of sp³-hybridized carbons (Fsp3) is 0.333. The van der Waals surface area contributed by atoms with Gasteiger partial charge in [0.1, 0.15) is 5.75 Å². The fourth-order valence-electron chi connectivity index (χ4n) is 2.40. The van der Waals surface area contributed by atoms with Gasteiger partial charge in [0.05, 0.1) is 12.1 Å². The molecule has 2 nitrogen and oxygen atoms in total. The predicted octanol–water partition coefficient (Wildman–Crippen LogP) is 4.85. The zero-order chi connectivity index (χ0) is 15.4. The van der Waals surface area contributed by atoms with Crippen LogP contribution in [0.1, 0.15) is 36.6 Å². The topological polar surface area (TPSA) is 21.3 Å². The van der Waals surface area contributed by atoms with Gasteiger partial charge in [-0.05, 0) is 57.1 Å². The number of hydrogen-bond donors (Lipinski definition) is 1. The minimum absolute atomic E-state index is 0.160. The maximum absolute atomic E-state index is 5.70. The molecule has 112 valence electrons. The molecule has 0 amide bonds. The Labute approximate surface area is 135 Å². The molecular formula is C18H22BrNO. The van der Waals surface area contributed by atoms with Crippen LogP contribution < -0.4 is 10.1 Å². The van der Waals surface area contributed by atoms with Crippen molar-refractivity contribution < 1.29 is 4.74 Å². The molecule has 1 unspecified atom stereocenters.